The fourth-order valence-corrected chi connectivity index (χ4v) is 6.97. The summed E-state index contributed by atoms with van der Waals surface area (Å²) in [5, 5.41) is 19.5. The first kappa shape index (κ1) is 28.5. The number of nitrogens with zero attached hydrogens (tertiary/aromatic N) is 1. The second-order valence-corrected chi connectivity index (χ2v) is 11.7. The highest BCUT2D eigenvalue weighted by Gasteiger charge is 2.25. The molecule has 0 saturated heterocycles. The number of carbonyl (C=O) groups is 2. The van der Waals surface area contributed by atoms with Crippen molar-refractivity contribution in [3.8, 4) is 0 Å². The minimum absolute atomic E-state index is 0.188. The van der Waals surface area contributed by atoms with E-state index in [2.05, 4.69) is 58.1 Å². The molecule has 0 aromatic carbocycles. The van der Waals surface area contributed by atoms with Crippen LogP contribution in [0.4, 0.5) is 0 Å². The zero-order chi connectivity index (χ0) is 23.1. The minimum atomic E-state index is -0.784. The second-order valence-electron chi connectivity index (χ2n) is 8.40. The Balaban J connectivity index is 0.000000348. The Hall–Kier alpha value is -0.570. The van der Waals surface area contributed by atoms with Crippen LogP contribution in [0.15, 0.2) is 20.1 Å². The third-order valence-corrected chi connectivity index (χ3v) is 9.24. The third-order valence-electron chi connectivity index (χ3n) is 5.41. The number of hydrogen-bond acceptors (Lipinski definition) is 5. The fraction of sp³-hybridized carbons (Fsp3) is 0.739. The molecule has 1 aromatic heterocycles. The van der Waals surface area contributed by atoms with Gasteiger partial charge in [-0.3, -0.25) is 9.59 Å². The van der Waals surface area contributed by atoms with Crippen LogP contribution in [-0.2, 0) is 9.59 Å². The van der Waals surface area contributed by atoms with E-state index >= 15 is 0 Å². The fourth-order valence-electron chi connectivity index (χ4n) is 3.69. The summed E-state index contributed by atoms with van der Waals surface area (Å²) in [6.07, 6.45) is 11.8. The van der Waals surface area contributed by atoms with Crippen molar-refractivity contribution in [2.75, 3.05) is 20.6 Å². The first-order valence-corrected chi connectivity index (χ1v) is 13.8. The summed E-state index contributed by atoms with van der Waals surface area (Å²) in [5.74, 6) is -0.644. The second kappa shape index (κ2) is 17.0. The number of carboxylic acid groups (broad SMARTS) is 2. The van der Waals surface area contributed by atoms with E-state index in [9.17, 15) is 9.59 Å². The van der Waals surface area contributed by atoms with Crippen molar-refractivity contribution in [2.24, 2.45) is 5.92 Å². The van der Waals surface area contributed by atoms with Crippen LogP contribution in [0.25, 0.3) is 0 Å². The Morgan fingerprint density at radius 1 is 1.10 bits per heavy atom. The van der Waals surface area contributed by atoms with Gasteiger partial charge in [0.25, 0.3) is 0 Å². The predicted molar refractivity (Wildman–Crippen MR) is 134 cm³/mol. The molecule has 1 fully saturated rings. The molecule has 2 rings (SSSR count). The molecule has 0 spiro atoms. The Morgan fingerprint density at radius 2 is 1.68 bits per heavy atom. The number of thiophene rings is 1. The molecule has 8 heteroatoms. The largest absolute Gasteiger partial charge is 0.481 e. The van der Waals surface area contributed by atoms with Crippen LogP contribution >= 0.6 is 39.0 Å². The van der Waals surface area contributed by atoms with Crippen LogP contribution in [-0.4, -0.2) is 52.9 Å². The normalized spacial score (nSPS) is 15.4. The maximum absolute atomic E-state index is 10.0. The first-order chi connectivity index (χ1) is 14.8. The van der Waals surface area contributed by atoms with Crippen molar-refractivity contribution >= 4 is 51.0 Å². The van der Waals surface area contributed by atoms with Crippen molar-refractivity contribution in [3.05, 3.63) is 15.9 Å². The van der Waals surface area contributed by atoms with Gasteiger partial charge in [0.2, 0.25) is 0 Å². The molecule has 1 aliphatic rings. The SMILES string of the molecule is CN(C)CCC(Sc1sccc1Br)C1CCCCC1.O=C(O)CCCCCCC(=O)O. The lowest BCUT2D eigenvalue weighted by Gasteiger charge is -2.30. The summed E-state index contributed by atoms with van der Waals surface area (Å²) in [7, 11) is 4.37. The molecule has 0 aliphatic heterocycles. The van der Waals surface area contributed by atoms with Gasteiger partial charge in [-0.2, -0.15) is 0 Å². The topological polar surface area (TPSA) is 77.8 Å². The van der Waals surface area contributed by atoms with Gasteiger partial charge < -0.3 is 15.1 Å². The van der Waals surface area contributed by atoms with Gasteiger partial charge in [-0.1, -0.05) is 32.1 Å². The molecule has 1 heterocycles. The molecular formula is C23H38BrNO4S2. The van der Waals surface area contributed by atoms with Crippen LogP contribution in [0.5, 0.6) is 0 Å². The average molecular weight is 537 g/mol. The Labute approximate surface area is 204 Å². The summed E-state index contributed by atoms with van der Waals surface area (Å²) in [5.41, 5.74) is 0. The van der Waals surface area contributed by atoms with Gasteiger partial charge in [-0.15, -0.1) is 23.1 Å². The van der Waals surface area contributed by atoms with Crippen molar-refractivity contribution in [1.29, 1.82) is 0 Å². The molecule has 31 heavy (non-hydrogen) atoms. The van der Waals surface area contributed by atoms with E-state index in [0.29, 0.717) is 12.8 Å². The molecule has 1 unspecified atom stereocenters. The van der Waals surface area contributed by atoms with E-state index < -0.39 is 11.9 Å². The van der Waals surface area contributed by atoms with Crippen molar-refractivity contribution in [1.82, 2.24) is 4.90 Å². The van der Waals surface area contributed by atoms with Gasteiger partial charge >= 0.3 is 11.9 Å². The monoisotopic (exact) mass is 535 g/mol. The number of hydrogen-bond donors (Lipinski definition) is 2. The standard InChI is InChI=1S/C15H24BrNS2.C8H14O4/c1-17(2)10-8-14(12-6-4-3-5-7-12)19-15-13(16)9-11-18-15;9-7(10)5-3-1-2-4-6-8(11)12/h9,11-12,14H,3-8,10H2,1-2H3;1-6H2,(H,9,10)(H,11,12). The number of halogens is 1. The van der Waals surface area contributed by atoms with Gasteiger partial charge in [-0.05, 0) is 86.0 Å². The summed E-state index contributed by atoms with van der Waals surface area (Å²) in [6, 6.07) is 2.18. The molecule has 1 aliphatic carbocycles. The predicted octanol–water partition coefficient (Wildman–Crippen LogP) is 7.00. The highest BCUT2D eigenvalue weighted by molar-refractivity contribution is 9.10. The van der Waals surface area contributed by atoms with Crippen LogP contribution < -0.4 is 0 Å². The van der Waals surface area contributed by atoms with Gasteiger partial charge in [0.1, 0.15) is 0 Å². The molecular weight excluding hydrogens is 498 g/mol. The quantitative estimate of drug-likeness (QED) is 0.209. The average Bonchev–Trinajstić information content (AvgIpc) is 3.13. The number of aliphatic carboxylic acids is 2. The number of carboxylic acids is 2. The summed E-state index contributed by atoms with van der Waals surface area (Å²) in [6.45, 7) is 1.21. The number of rotatable bonds is 13. The number of thioether (sulfide) groups is 1. The van der Waals surface area contributed by atoms with E-state index in [1.165, 1.54) is 53.8 Å². The van der Waals surface area contributed by atoms with Gasteiger partial charge in [0, 0.05) is 22.6 Å². The lowest BCUT2D eigenvalue weighted by molar-refractivity contribution is -0.138. The molecule has 1 aromatic rings. The highest BCUT2D eigenvalue weighted by atomic mass is 79.9. The Kier molecular flexibility index (Phi) is 15.6. The zero-order valence-corrected chi connectivity index (χ0v) is 22.1. The molecule has 0 radical (unpaired) electrons. The van der Waals surface area contributed by atoms with Crippen LogP contribution in [0.2, 0.25) is 0 Å². The summed E-state index contributed by atoms with van der Waals surface area (Å²) < 4.78 is 2.75. The molecule has 1 atom stereocenters. The van der Waals surface area contributed by atoms with Gasteiger partial charge in [0.15, 0.2) is 0 Å². The lowest BCUT2D eigenvalue weighted by Crippen LogP contribution is -2.25. The molecule has 0 amide bonds. The van der Waals surface area contributed by atoms with E-state index in [0.717, 1.165) is 24.0 Å². The molecule has 2 N–H and O–H groups in total. The van der Waals surface area contributed by atoms with Crippen molar-refractivity contribution in [3.63, 3.8) is 0 Å². The maximum Gasteiger partial charge on any atom is 0.303 e. The van der Waals surface area contributed by atoms with Crippen LogP contribution in [0.1, 0.15) is 77.0 Å². The lowest BCUT2D eigenvalue weighted by atomic mass is 9.85. The Morgan fingerprint density at radius 3 is 2.13 bits per heavy atom. The van der Waals surface area contributed by atoms with Gasteiger partial charge in [-0.25, -0.2) is 0 Å². The van der Waals surface area contributed by atoms with Gasteiger partial charge in [0.05, 0.1) is 4.21 Å². The summed E-state index contributed by atoms with van der Waals surface area (Å²) >= 11 is 7.67. The first-order valence-electron chi connectivity index (χ1n) is 11.3. The molecule has 5 nitrogen and oxygen atoms in total. The maximum atomic E-state index is 10.0. The number of unbranched alkanes of at least 4 members (excludes halogenated alkanes) is 3. The molecule has 178 valence electrons. The van der Waals surface area contributed by atoms with Crippen LogP contribution in [0, 0.1) is 5.92 Å². The van der Waals surface area contributed by atoms with E-state index in [1.807, 2.05) is 11.3 Å². The minimum Gasteiger partial charge on any atom is -0.481 e. The molecule has 0 bridgehead atoms. The van der Waals surface area contributed by atoms with Crippen LogP contribution in [0.3, 0.4) is 0 Å². The zero-order valence-electron chi connectivity index (χ0n) is 18.9. The smallest absolute Gasteiger partial charge is 0.303 e. The third kappa shape index (κ3) is 14.2. The van der Waals surface area contributed by atoms with E-state index in [-0.39, 0.29) is 12.8 Å². The van der Waals surface area contributed by atoms with Crippen molar-refractivity contribution < 1.29 is 19.8 Å². The Bertz CT molecular complexity index is 615. The van der Waals surface area contributed by atoms with E-state index in [4.69, 9.17) is 10.2 Å². The van der Waals surface area contributed by atoms with E-state index in [1.54, 1.807) is 0 Å². The summed E-state index contributed by atoms with van der Waals surface area (Å²) in [4.78, 5) is 22.4. The highest BCUT2D eigenvalue weighted by Crippen LogP contribution is 2.42. The molecule has 1 saturated carbocycles. The van der Waals surface area contributed by atoms with Crippen molar-refractivity contribution in [2.45, 2.75) is 86.5 Å².